The molecule has 1 saturated heterocycles. The Bertz CT molecular complexity index is 312. The van der Waals surface area contributed by atoms with Gasteiger partial charge in [-0.2, -0.15) is 8.78 Å². The summed E-state index contributed by atoms with van der Waals surface area (Å²) in [6, 6.07) is -0.532. The molecule has 1 aliphatic heterocycles. The molecule has 7 heteroatoms. The molecule has 0 aromatic carbocycles. The Kier molecular flexibility index (Phi) is 5.58. The quantitative estimate of drug-likeness (QED) is 0.729. The van der Waals surface area contributed by atoms with Crippen LogP contribution in [0.5, 0.6) is 0 Å². The first-order valence-corrected chi connectivity index (χ1v) is 6.56. The van der Waals surface area contributed by atoms with Crippen LogP contribution < -0.4 is 5.32 Å². The Morgan fingerprint density at radius 3 is 2.32 bits per heavy atom. The van der Waals surface area contributed by atoms with Crippen LogP contribution in [0.3, 0.4) is 0 Å². The number of halogens is 4. The second-order valence-electron chi connectivity index (χ2n) is 4.84. The second-order valence-corrected chi connectivity index (χ2v) is 4.84. The van der Waals surface area contributed by atoms with Crippen LogP contribution in [-0.4, -0.2) is 41.9 Å². The van der Waals surface area contributed by atoms with E-state index in [1.54, 1.807) is 0 Å². The van der Waals surface area contributed by atoms with E-state index in [0.717, 1.165) is 11.3 Å². The molecule has 0 radical (unpaired) electrons. The molecule has 112 valence electrons. The van der Waals surface area contributed by atoms with Crippen molar-refractivity contribution in [3.8, 4) is 0 Å². The van der Waals surface area contributed by atoms with Crippen LogP contribution in [0, 0.1) is 0 Å². The van der Waals surface area contributed by atoms with Gasteiger partial charge in [-0.3, -0.25) is 10.1 Å². The minimum Gasteiger partial charge on any atom is -0.320 e. The Morgan fingerprint density at radius 1 is 1.26 bits per heavy atom. The van der Waals surface area contributed by atoms with E-state index >= 15 is 0 Å². The van der Waals surface area contributed by atoms with E-state index in [9.17, 15) is 22.4 Å². The molecule has 1 fully saturated rings. The monoisotopic (exact) mass is 284 g/mol. The summed E-state index contributed by atoms with van der Waals surface area (Å²) in [5.74, 6) is -4.66. The van der Waals surface area contributed by atoms with Crippen LogP contribution in [0.2, 0.25) is 0 Å². The maximum Gasteiger partial charge on any atom is 0.324 e. The van der Waals surface area contributed by atoms with Crippen LogP contribution in [0.1, 0.15) is 39.5 Å². The van der Waals surface area contributed by atoms with Crippen LogP contribution in [-0.2, 0) is 4.79 Å². The molecule has 2 atom stereocenters. The predicted octanol–water partition coefficient (Wildman–Crippen LogP) is 2.61. The molecule has 0 saturated carbocycles. The summed E-state index contributed by atoms with van der Waals surface area (Å²) < 4.78 is 50.7. The average Bonchev–Trinajstić information content (AvgIpc) is 2.58. The summed E-state index contributed by atoms with van der Waals surface area (Å²) in [6.07, 6.45) is -1.92. The van der Waals surface area contributed by atoms with Crippen LogP contribution in [0.4, 0.5) is 17.6 Å². The van der Waals surface area contributed by atoms with Gasteiger partial charge in [-0.1, -0.05) is 26.7 Å². The second kappa shape index (κ2) is 6.54. The molecule has 0 spiro atoms. The number of nitrogens with zero attached hydrogens (tertiary/aromatic N) is 1. The largest absolute Gasteiger partial charge is 0.324 e. The van der Waals surface area contributed by atoms with E-state index < -0.39 is 37.0 Å². The number of rotatable bonds is 7. The number of amides is 1. The van der Waals surface area contributed by atoms with E-state index in [1.807, 2.05) is 13.8 Å². The highest BCUT2D eigenvalue weighted by molar-refractivity contribution is 5.84. The van der Waals surface area contributed by atoms with Gasteiger partial charge in [-0.15, -0.1) is 0 Å². The normalized spacial score (nSPS) is 24.6. The van der Waals surface area contributed by atoms with Crippen molar-refractivity contribution < 1.29 is 22.4 Å². The fourth-order valence-corrected chi connectivity index (χ4v) is 2.24. The van der Waals surface area contributed by atoms with E-state index in [1.165, 1.54) is 0 Å². The lowest BCUT2D eigenvalue weighted by Crippen LogP contribution is -2.47. The molecule has 0 aromatic rings. The zero-order chi connectivity index (χ0) is 14.6. The third-order valence-corrected chi connectivity index (χ3v) is 3.19. The van der Waals surface area contributed by atoms with Crippen LogP contribution in [0.25, 0.3) is 0 Å². The first-order chi connectivity index (χ1) is 8.83. The summed E-state index contributed by atoms with van der Waals surface area (Å²) in [6.45, 7) is 2.50. The number of carbonyl (C=O) groups is 1. The summed E-state index contributed by atoms with van der Waals surface area (Å²) >= 11 is 0. The number of alkyl halides is 4. The number of hydrogen-bond donors (Lipinski definition) is 1. The van der Waals surface area contributed by atoms with Gasteiger partial charge in [0.25, 0.3) is 0 Å². The molecule has 1 rings (SSSR count). The van der Waals surface area contributed by atoms with Crippen LogP contribution in [0.15, 0.2) is 0 Å². The first-order valence-electron chi connectivity index (χ1n) is 6.56. The van der Waals surface area contributed by atoms with E-state index in [0.29, 0.717) is 19.3 Å². The van der Waals surface area contributed by atoms with Crippen molar-refractivity contribution in [1.29, 1.82) is 0 Å². The van der Waals surface area contributed by atoms with E-state index in [4.69, 9.17) is 0 Å². The van der Waals surface area contributed by atoms with Gasteiger partial charge < -0.3 is 4.90 Å². The van der Waals surface area contributed by atoms with Gasteiger partial charge in [-0.25, -0.2) is 8.78 Å². The Balaban J connectivity index is 2.79. The van der Waals surface area contributed by atoms with Crippen molar-refractivity contribution in [3.05, 3.63) is 0 Å². The van der Waals surface area contributed by atoms with Crippen molar-refractivity contribution in [2.75, 3.05) is 6.54 Å². The first kappa shape index (κ1) is 16.2. The van der Waals surface area contributed by atoms with Crippen molar-refractivity contribution >= 4 is 5.91 Å². The highest BCUT2D eigenvalue weighted by atomic mass is 19.3. The minimum atomic E-state index is -4.16. The van der Waals surface area contributed by atoms with Crippen molar-refractivity contribution in [1.82, 2.24) is 10.2 Å². The maximum absolute atomic E-state index is 13.1. The lowest BCUT2D eigenvalue weighted by Gasteiger charge is -2.27. The Morgan fingerprint density at radius 2 is 1.84 bits per heavy atom. The molecule has 2 unspecified atom stereocenters. The van der Waals surface area contributed by atoms with E-state index in [-0.39, 0.29) is 0 Å². The fraction of sp³-hybridized carbons (Fsp3) is 0.917. The lowest BCUT2D eigenvalue weighted by atomic mass is 10.1. The van der Waals surface area contributed by atoms with Crippen molar-refractivity contribution in [3.63, 3.8) is 0 Å². The third-order valence-electron chi connectivity index (χ3n) is 3.19. The highest BCUT2D eigenvalue weighted by Crippen LogP contribution is 2.28. The lowest BCUT2D eigenvalue weighted by molar-refractivity contribution is -0.157. The Labute approximate surface area is 110 Å². The van der Waals surface area contributed by atoms with Gasteiger partial charge in [-0.05, 0) is 12.8 Å². The molecule has 1 N–H and O–H groups in total. The molecule has 1 heterocycles. The van der Waals surface area contributed by atoms with Gasteiger partial charge in [0.1, 0.15) is 0 Å². The van der Waals surface area contributed by atoms with Gasteiger partial charge in [0, 0.05) is 0 Å². The topological polar surface area (TPSA) is 32.3 Å². The number of hydrogen-bond acceptors (Lipinski definition) is 2. The molecule has 0 aliphatic carbocycles. The van der Waals surface area contributed by atoms with Gasteiger partial charge >= 0.3 is 12.3 Å². The summed E-state index contributed by atoms with van der Waals surface area (Å²) in [4.78, 5) is 12.8. The molecular weight excluding hydrogens is 264 g/mol. The molecule has 1 amide bonds. The Hall–Kier alpha value is -0.850. The van der Waals surface area contributed by atoms with Gasteiger partial charge in [0.15, 0.2) is 0 Å². The molecule has 0 bridgehead atoms. The van der Waals surface area contributed by atoms with Crippen molar-refractivity contribution in [2.24, 2.45) is 0 Å². The van der Waals surface area contributed by atoms with Gasteiger partial charge in [0.05, 0.1) is 18.8 Å². The maximum atomic E-state index is 13.1. The smallest absolute Gasteiger partial charge is 0.320 e. The van der Waals surface area contributed by atoms with Gasteiger partial charge in [0.2, 0.25) is 5.91 Å². The summed E-state index contributed by atoms with van der Waals surface area (Å²) in [5.41, 5.74) is 0. The average molecular weight is 284 g/mol. The molecule has 3 nitrogen and oxygen atoms in total. The fourth-order valence-electron chi connectivity index (χ4n) is 2.24. The summed E-state index contributed by atoms with van der Waals surface area (Å²) in [7, 11) is 0. The molecular formula is C12H20F4N2O. The molecule has 1 aliphatic rings. The predicted molar refractivity (Wildman–Crippen MR) is 63.2 cm³/mol. The molecule has 19 heavy (non-hydrogen) atoms. The molecule has 0 aromatic heterocycles. The zero-order valence-corrected chi connectivity index (χ0v) is 11.1. The zero-order valence-electron chi connectivity index (χ0n) is 11.1. The third kappa shape index (κ3) is 3.81. The minimum absolute atomic E-state index is 0.477. The standard InChI is InChI=1S/C12H20F4N2O/c1-3-5-8-10(19)18(9(17-8)6-4-2)7-12(15,16)11(13)14/h8-9,11,17H,3-7H2,1-2H3. The van der Waals surface area contributed by atoms with E-state index in [2.05, 4.69) is 5.32 Å². The summed E-state index contributed by atoms with van der Waals surface area (Å²) in [5, 5.41) is 2.95. The van der Waals surface area contributed by atoms with Crippen molar-refractivity contribution in [2.45, 2.75) is 64.1 Å². The van der Waals surface area contributed by atoms with Crippen LogP contribution >= 0.6 is 0 Å². The number of nitrogens with one attached hydrogen (secondary N) is 1. The SMILES string of the molecule is CCCC1NC(CCC)N(CC(F)(F)C(F)F)C1=O. The number of carbonyl (C=O) groups excluding carboxylic acids is 1. The highest BCUT2D eigenvalue weighted by Gasteiger charge is 2.48.